The van der Waals surface area contributed by atoms with Crippen molar-refractivity contribution in [2.75, 3.05) is 32.5 Å². The molecule has 1 aliphatic rings. The van der Waals surface area contributed by atoms with Crippen molar-refractivity contribution in [3.05, 3.63) is 30.3 Å². The Balaban J connectivity index is 0.000000265. The Hall–Kier alpha value is -1.55. The maximum Gasteiger partial charge on any atom is 0.209 e. The topological polar surface area (TPSA) is 58.4 Å². The summed E-state index contributed by atoms with van der Waals surface area (Å²) in [5, 5.41) is 3.03. The molecule has 0 aromatic heterocycles. The number of hydrogen-bond donors (Lipinski definition) is 2. The monoisotopic (exact) mass is 237 g/mol. The van der Waals surface area contributed by atoms with Crippen LogP contribution >= 0.6 is 0 Å². The van der Waals surface area contributed by atoms with Gasteiger partial charge in [-0.1, -0.05) is 18.2 Å². The zero-order valence-electron chi connectivity index (χ0n) is 10.7. The molecule has 4 nitrogen and oxygen atoms in total. The molecule has 1 aromatic carbocycles. The van der Waals surface area contributed by atoms with Gasteiger partial charge in [0, 0.05) is 25.8 Å². The fraction of sp³-hybridized carbons (Fsp3) is 0.462. The summed E-state index contributed by atoms with van der Waals surface area (Å²) >= 11 is 0. The van der Waals surface area contributed by atoms with Gasteiger partial charge < -0.3 is 16.0 Å². The molecule has 0 radical (unpaired) electrons. The van der Waals surface area contributed by atoms with Crippen LogP contribution in [0.5, 0.6) is 0 Å². The van der Waals surface area contributed by atoms with E-state index in [1.54, 1.807) is 4.90 Å². The zero-order valence-corrected chi connectivity index (χ0v) is 10.7. The van der Waals surface area contributed by atoms with E-state index in [2.05, 4.69) is 11.1 Å². The SMILES string of the molecule is CN.CNc1ccccc1.O=CN1CCCC1. The molecule has 4 heteroatoms. The van der Waals surface area contributed by atoms with Crippen LogP contribution in [0.1, 0.15) is 12.8 Å². The Morgan fingerprint density at radius 2 is 1.71 bits per heavy atom. The molecule has 1 aliphatic heterocycles. The van der Waals surface area contributed by atoms with Crippen LogP contribution in [0, 0.1) is 0 Å². The van der Waals surface area contributed by atoms with Crippen LogP contribution < -0.4 is 11.1 Å². The number of anilines is 1. The van der Waals surface area contributed by atoms with Crippen molar-refractivity contribution in [3.8, 4) is 0 Å². The van der Waals surface area contributed by atoms with Crippen molar-refractivity contribution in [1.29, 1.82) is 0 Å². The number of nitrogens with two attached hydrogens (primary N) is 1. The third kappa shape index (κ3) is 7.36. The number of nitrogens with one attached hydrogen (secondary N) is 1. The van der Waals surface area contributed by atoms with Gasteiger partial charge in [-0.25, -0.2) is 0 Å². The summed E-state index contributed by atoms with van der Waals surface area (Å²) in [4.78, 5) is 11.7. The van der Waals surface area contributed by atoms with E-state index in [4.69, 9.17) is 0 Å². The first-order valence-electron chi connectivity index (χ1n) is 5.86. The van der Waals surface area contributed by atoms with Crippen molar-refractivity contribution in [2.24, 2.45) is 5.73 Å². The molecule has 17 heavy (non-hydrogen) atoms. The highest BCUT2D eigenvalue weighted by atomic mass is 16.1. The smallest absolute Gasteiger partial charge is 0.209 e. The van der Waals surface area contributed by atoms with Crippen molar-refractivity contribution in [2.45, 2.75) is 12.8 Å². The maximum absolute atomic E-state index is 9.93. The van der Waals surface area contributed by atoms with Crippen molar-refractivity contribution >= 4 is 12.1 Å². The number of nitrogens with zero attached hydrogens (tertiary/aromatic N) is 1. The van der Waals surface area contributed by atoms with Gasteiger partial charge in [-0.05, 0) is 32.0 Å². The van der Waals surface area contributed by atoms with Crippen LogP contribution in [0.3, 0.4) is 0 Å². The summed E-state index contributed by atoms with van der Waals surface area (Å²) in [5.74, 6) is 0. The summed E-state index contributed by atoms with van der Waals surface area (Å²) in [6.45, 7) is 1.95. The van der Waals surface area contributed by atoms with Crippen LogP contribution in [0.4, 0.5) is 5.69 Å². The molecule has 0 aliphatic carbocycles. The highest BCUT2D eigenvalue weighted by Crippen LogP contribution is 2.02. The Morgan fingerprint density at radius 1 is 1.18 bits per heavy atom. The van der Waals surface area contributed by atoms with Gasteiger partial charge in [0.1, 0.15) is 0 Å². The fourth-order valence-corrected chi connectivity index (χ4v) is 1.45. The molecule has 0 spiro atoms. The summed E-state index contributed by atoms with van der Waals surface area (Å²) in [6, 6.07) is 10.1. The Kier molecular flexibility index (Phi) is 9.95. The lowest BCUT2D eigenvalue weighted by Crippen LogP contribution is -2.15. The van der Waals surface area contributed by atoms with E-state index in [1.807, 2.05) is 37.4 Å². The van der Waals surface area contributed by atoms with E-state index in [9.17, 15) is 4.79 Å². The molecular weight excluding hydrogens is 214 g/mol. The zero-order chi connectivity index (χ0) is 12.9. The molecule has 0 unspecified atom stereocenters. The van der Waals surface area contributed by atoms with Gasteiger partial charge in [0.05, 0.1) is 0 Å². The lowest BCUT2D eigenvalue weighted by atomic mass is 10.3. The summed E-state index contributed by atoms with van der Waals surface area (Å²) < 4.78 is 0. The Labute approximate surface area is 104 Å². The second kappa shape index (κ2) is 11.0. The Morgan fingerprint density at radius 3 is 2.00 bits per heavy atom. The van der Waals surface area contributed by atoms with Crippen molar-refractivity contribution in [3.63, 3.8) is 0 Å². The highest BCUT2D eigenvalue weighted by molar-refractivity contribution is 5.47. The highest BCUT2D eigenvalue weighted by Gasteiger charge is 2.06. The molecule has 1 saturated heterocycles. The minimum atomic E-state index is 0.924. The summed E-state index contributed by atoms with van der Waals surface area (Å²) in [7, 11) is 3.41. The number of hydrogen-bond acceptors (Lipinski definition) is 3. The first kappa shape index (κ1) is 15.4. The standard InChI is InChI=1S/C7H9N.C5H9NO.CH5N/c1-8-7-5-3-2-4-6-7;7-5-6-3-1-2-4-6;1-2/h2-6,8H,1H3;5H,1-4H2;2H2,1H3. The van der Waals surface area contributed by atoms with E-state index >= 15 is 0 Å². The molecule has 1 amide bonds. The second-order valence-corrected chi connectivity index (χ2v) is 3.46. The molecule has 96 valence electrons. The van der Waals surface area contributed by atoms with Gasteiger partial charge in [0.25, 0.3) is 0 Å². The number of carbonyl (C=O) groups is 1. The van der Waals surface area contributed by atoms with Gasteiger partial charge in [0.2, 0.25) is 6.41 Å². The minimum Gasteiger partial charge on any atom is -0.388 e. The first-order valence-corrected chi connectivity index (χ1v) is 5.86. The second-order valence-electron chi connectivity index (χ2n) is 3.46. The number of para-hydroxylation sites is 1. The van der Waals surface area contributed by atoms with Crippen LogP contribution in [-0.4, -0.2) is 38.5 Å². The molecule has 0 bridgehead atoms. The molecule has 2 rings (SSSR count). The number of rotatable bonds is 2. The number of carbonyl (C=O) groups excluding carboxylic acids is 1. The van der Waals surface area contributed by atoms with Gasteiger partial charge in [0.15, 0.2) is 0 Å². The normalized spacial score (nSPS) is 12.8. The van der Waals surface area contributed by atoms with E-state index in [-0.39, 0.29) is 0 Å². The van der Waals surface area contributed by atoms with E-state index in [0.717, 1.165) is 25.2 Å². The average Bonchev–Trinajstić information content (AvgIpc) is 2.96. The van der Waals surface area contributed by atoms with Crippen LogP contribution in [-0.2, 0) is 4.79 Å². The largest absolute Gasteiger partial charge is 0.388 e. The maximum atomic E-state index is 9.93. The third-order valence-electron chi connectivity index (χ3n) is 2.35. The predicted molar refractivity (Wildman–Crippen MR) is 73.0 cm³/mol. The van der Waals surface area contributed by atoms with Gasteiger partial charge in [-0.3, -0.25) is 4.79 Å². The van der Waals surface area contributed by atoms with E-state index < -0.39 is 0 Å². The molecule has 0 atom stereocenters. The lowest BCUT2D eigenvalue weighted by molar-refractivity contribution is -0.117. The van der Waals surface area contributed by atoms with Crippen LogP contribution in [0.15, 0.2) is 30.3 Å². The molecular formula is C13H23N3O. The Bertz CT molecular complexity index is 271. The van der Waals surface area contributed by atoms with Gasteiger partial charge >= 0.3 is 0 Å². The van der Waals surface area contributed by atoms with Gasteiger partial charge in [-0.15, -0.1) is 0 Å². The van der Waals surface area contributed by atoms with Crippen molar-refractivity contribution in [1.82, 2.24) is 4.90 Å². The first-order chi connectivity index (χ1) is 8.36. The quantitative estimate of drug-likeness (QED) is 0.767. The average molecular weight is 237 g/mol. The molecule has 1 heterocycles. The number of amides is 1. The predicted octanol–water partition coefficient (Wildman–Crippen LogP) is 1.54. The molecule has 1 fully saturated rings. The molecule has 1 aromatic rings. The number of likely N-dealkylation sites (tertiary alicyclic amines) is 1. The van der Waals surface area contributed by atoms with Gasteiger partial charge in [-0.2, -0.15) is 0 Å². The third-order valence-corrected chi connectivity index (χ3v) is 2.35. The molecule has 0 saturated carbocycles. The lowest BCUT2D eigenvalue weighted by Gasteiger charge is -2.03. The summed E-state index contributed by atoms with van der Waals surface area (Å²) in [5.41, 5.74) is 5.66. The van der Waals surface area contributed by atoms with E-state index in [1.165, 1.54) is 19.9 Å². The summed E-state index contributed by atoms with van der Waals surface area (Å²) in [6.07, 6.45) is 3.31. The van der Waals surface area contributed by atoms with Crippen LogP contribution in [0.2, 0.25) is 0 Å². The number of benzene rings is 1. The molecule has 3 N–H and O–H groups in total. The van der Waals surface area contributed by atoms with Crippen molar-refractivity contribution < 1.29 is 4.79 Å². The van der Waals surface area contributed by atoms with E-state index in [0.29, 0.717) is 0 Å². The fourth-order valence-electron chi connectivity index (χ4n) is 1.45. The van der Waals surface area contributed by atoms with Crippen LogP contribution in [0.25, 0.3) is 0 Å². The minimum absolute atomic E-state index is 0.924.